The van der Waals surface area contributed by atoms with E-state index in [9.17, 15) is 10.2 Å². The summed E-state index contributed by atoms with van der Waals surface area (Å²) < 4.78 is 13.0. The van der Waals surface area contributed by atoms with Crippen molar-refractivity contribution in [2.24, 2.45) is 0 Å². The number of hydrogen-bond donors (Lipinski definition) is 3. The van der Waals surface area contributed by atoms with Crippen molar-refractivity contribution in [3.8, 4) is 0 Å². The van der Waals surface area contributed by atoms with Crippen molar-refractivity contribution in [3.63, 3.8) is 0 Å². The van der Waals surface area contributed by atoms with Crippen LogP contribution in [-0.4, -0.2) is 78.3 Å². The molecular formula is C17H25N5O4S. The second kappa shape index (κ2) is 7.88. The lowest BCUT2D eigenvalue weighted by atomic mass is 10.1. The van der Waals surface area contributed by atoms with Crippen LogP contribution in [0.1, 0.15) is 26.5 Å². The molecule has 2 aromatic heterocycles. The average Bonchev–Trinajstić information content (AvgIpc) is 3.35. The molecule has 0 aromatic carbocycles. The number of hydrogen-bond acceptors (Lipinski definition) is 9. The van der Waals surface area contributed by atoms with E-state index in [1.807, 2.05) is 0 Å². The van der Waals surface area contributed by atoms with Gasteiger partial charge in [-0.05, 0) is 11.7 Å². The predicted molar refractivity (Wildman–Crippen MR) is 102 cm³/mol. The van der Waals surface area contributed by atoms with Crippen LogP contribution in [0.15, 0.2) is 12.5 Å². The van der Waals surface area contributed by atoms with Gasteiger partial charge in [0.25, 0.3) is 0 Å². The Kier molecular flexibility index (Phi) is 5.51. The second-order valence-electron chi connectivity index (χ2n) is 7.19. The predicted octanol–water partition coefficient (Wildman–Crippen LogP) is 0.788. The first-order chi connectivity index (χ1) is 13.0. The van der Waals surface area contributed by atoms with Gasteiger partial charge in [0.05, 0.1) is 31.3 Å². The molecule has 2 fully saturated rings. The molecule has 10 heteroatoms. The SMILES string of the molecule is CC(C)SC[C@H]1O[C@@H](n2cnc3cnc(N[C@@H]4CCOC4)nc32)[C@H](O)[C@@H]1O. The fourth-order valence-electron chi connectivity index (χ4n) is 3.30. The summed E-state index contributed by atoms with van der Waals surface area (Å²) in [6.07, 6.45) is 0.946. The van der Waals surface area contributed by atoms with Crippen LogP contribution in [0.5, 0.6) is 0 Å². The van der Waals surface area contributed by atoms with Crippen molar-refractivity contribution in [2.75, 3.05) is 24.3 Å². The topological polar surface area (TPSA) is 115 Å². The van der Waals surface area contributed by atoms with Gasteiger partial charge >= 0.3 is 0 Å². The van der Waals surface area contributed by atoms with E-state index in [2.05, 4.69) is 34.1 Å². The van der Waals surface area contributed by atoms with Gasteiger partial charge in [0, 0.05) is 12.4 Å². The van der Waals surface area contributed by atoms with E-state index in [0.717, 1.165) is 13.0 Å². The third-order valence-electron chi connectivity index (χ3n) is 4.78. The highest BCUT2D eigenvalue weighted by atomic mass is 32.2. The van der Waals surface area contributed by atoms with Gasteiger partial charge in [-0.15, -0.1) is 0 Å². The van der Waals surface area contributed by atoms with Crippen molar-refractivity contribution in [2.45, 2.75) is 56.1 Å². The fraction of sp³-hybridized carbons (Fsp3) is 0.706. The normalized spacial score (nSPS) is 31.2. The van der Waals surface area contributed by atoms with E-state index >= 15 is 0 Å². The minimum absolute atomic E-state index is 0.186. The van der Waals surface area contributed by atoms with Gasteiger partial charge < -0.3 is 25.0 Å². The lowest BCUT2D eigenvalue weighted by Gasteiger charge is -2.17. The number of rotatable bonds is 6. The molecular weight excluding hydrogens is 370 g/mol. The fourth-order valence-corrected chi connectivity index (χ4v) is 4.15. The van der Waals surface area contributed by atoms with Crippen LogP contribution >= 0.6 is 11.8 Å². The maximum atomic E-state index is 10.5. The molecule has 9 nitrogen and oxygen atoms in total. The van der Waals surface area contributed by atoms with Crippen LogP contribution < -0.4 is 5.32 Å². The van der Waals surface area contributed by atoms with Gasteiger partial charge in [-0.2, -0.15) is 16.7 Å². The van der Waals surface area contributed by atoms with E-state index in [1.54, 1.807) is 28.9 Å². The van der Waals surface area contributed by atoms with Crippen LogP contribution in [0.3, 0.4) is 0 Å². The largest absolute Gasteiger partial charge is 0.387 e. The Hall–Kier alpha value is -1.46. The molecule has 0 saturated carbocycles. The average molecular weight is 395 g/mol. The third kappa shape index (κ3) is 3.90. The zero-order valence-electron chi connectivity index (χ0n) is 15.4. The molecule has 0 bridgehead atoms. The van der Waals surface area contributed by atoms with E-state index < -0.39 is 24.5 Å². The van der Waals surface area contributed by atoms with Crippen LogP contribution in [-0.2, 0) is 9.47 Å². The summed E-state index contributed by atoms with van der Waals surface area (Å²) in [6.45, 7) is 5.54. The molecule has 3 N–H and O–H groups in total. The van der Waals surface area contributed by atoms with E-state index in [1.165, 1.54) is 0 Å². The van der Waals surface area contributed by atoms with Crippen molar-refractivity contribution < 1.29 is 19.7 Å². The summed E-state index contributed by atoms with van der Waals surface area (Å²) >= 11 is 1.69. The third-order valence-corrected chi connectivity index (χ3v) is 5.97. The summed E-state index contributed by atoms with van der Waals surface area (Å²) in [4.78, 5) is 13.1. The molecule has 0 spiro atoms. The Morgan fingerprint density at radius 2 is 2.19 bits per heavy atom. The number of thioether (sulfide) groups is 1. The summed E-state index contributed by atoms with van der Waals surface area (Å²) in [5.74, 6) is 1.10. The van der Waals surface area contributed by atoms with Crippen molar-refractivity contribution in [1.29, 1.82) is 0 Å². The summed E-state index contributed by atoms with van der Waals surface area (Å²) in [5.41, 5.74) is 1.16. The number of aliphatic hydroxyl groups is 2. The molecule has 0 amide bonds. The van der Waals surface area contributed by atoms with E-state index in [4.69, 9.17) is 9.47 Å². The number of imidazole rings is 1. The Bertz CT molecular complexity index is 782. The highest BCUT2D eigenvalue weighted by Crippen LogP contribution is 2.33. The maximum absolute atomic E-state index is 10.5. The molecule has 0 radical (unpaired) electrons. The lowest BCUT2D eigenvalue weighted by Crippen LogP contribution is -2.32. The lowest BCUT2D eigenvalue weighted by molar-refractivity contribution is -0.0289. The maximum Gasteiger partial charge on any atom is 0.225 e. The van der Waals surface area contributed by atoms with Gasteiger partial charge in [-0.3, -0.25) is 4.57 Å². The molecule has 2 aliphatic heterocycles. The highest BCUT2D eigenvalue weighted by Gasteiger charge is 2.44. The van der Waals surface area contributed by atoms with Crippen molar-refractivity contribution in [3.05, 3.63) is 12.5 Å². The zero-order chi connectivity index (χ0) is 19.0. The van der Waals surface area contributed by atoms with Crippen LogP contribution in [0.2, 0.25) is 0 Å². The van der Waals surface area contributed by atoms with Crippen LogP contribution in [0.25, 0.3) is 11.2 Å². The number of ether oxygens (including phenoxy) is 2. The molecule has 2 saturated heterocycles. The molecule has 4 heterocycles. The highest BCUT2D eigenvalue weighted by molar-refractivity contribution is 7.99. The summed E-state index contributed by atoms with van der Waals surface area (Å²) in [7, 11) is 0. The number of aliphatic hydroxyl groups excluding tert-OH is 2. The van der Waals surface area contributed by atoms with Gasteiger partial charge in [0.2, 0.25) is 5.95 Å². The molecule has 2 aromatic rings. The molecule has 4 rings (SSSR count). The number of nitrogens with zero attached hydrogens (tertiary/aromatic N) is 4. The first-order valence-corrected chi connectivity index (χ1v) is 10.2. The number of aromatic nitrogens is 4. The summed E-state index contributed by atoms with van der Waals surface area (Å²) in [6, 6.07) is 0.186. The molecule has 148 valence electrons. The van der Waals surface area contributed by atoms with Crippen LogP contribution in [0, 0.1) is 0 Å². The smallest absolute Gasteiger partial charge is 0.225 e. The molecule has 27 heavy (non-hydrogen) atoms. The van der Waals surface area contributed by atoms with E-state index in [-0.39, 0.29) is 6.04 Å². The van der Waals surface area contributed by atoms with E-state index in [0.29, 0.717) is 34.7 Å². The number of nitrogens with one attached hydrogen (secondary N) is 1. The Balaban J connectivity index is 1.55. The van der Waals surface area contributed by atoms with Crippen molar-refractivity contribution >= 4 is 28.9 Å². The Morgan fingerprint density at radius 1 is 1.33 bits per heavy atom. The van der Waals surface area contributed by atoms with Crippen molar-refractivity contribution in [1.82, 2.24) is 19.5 Å². The Labute approximate surface area is 161 Å². The van der Waals surface area contributed by atoms with Gasteiger partial charge in [0.15, 0.2) is 11.9 Å². The zero-order valence-corrected chi connectivity index (χ0v) is 16.2. The Morgan fingerprint density at radius 3 is 2.93 bits per heavy atom. The summed E-state index contributed by atoms with van der Waals surface area (Å²) in [5, 5.41) is 24.6. The van der Waals surface area contributed by atoms with Crippen LogP contribution in [0.4, 0.5) is 5.95 Å². The molecule has 5 atom stereocenters. The second-order valence-corrected chi connectivity index (χ2v) is 8.80. The van der Waals surface area contributed by atoms with Gasteiger partial charge in [-0.25, -0.2) is 9.97 Å². The number of anilines is 1. The minimum atomic E-state index is -1.05. The number of fused-ring (bicyclic) bond motifs is 1. The first-order valence-electron chi connectivity index (χ1n) is 9.20. The first kappa shape index (κ1) is 18.9. The molecule has 0 aliphatic carbocycles. The molecule has 0 unspecified atom stereocenters. The molecule has 2 aliphatic rings. The monoisotopic (exact) mass is 395 g/mol. The quantitative estimate of drug-likeness (QED) is 0.653. The standard InChI is InChI=1S/C17H25N5O4S/c1-9(2)27-7-12-13(23)14(24)16(26-12)22-8-19-11-5-18-17(21-15(11)22)20-10-3-4-25-6-10/h5,8-10,12-14,16,23-24H,3-4,6-7H2,1-2H3,(H,18,20,21)/t10-,12-,13-,14-,16-/m1/s1. The van der Waals surface area contributed by atoms with Gasteiger partial charge in [-0.1, -0.05) is 13.8 Å². The van der Waals surface area contributed by atoms with Gasteiger partial charge in [0.1, 0.15) is 17.7 Å². The minimum Gasteiger partial charge on any atom is -0.387 e.